The monoisotopic (exact) mass is 201 g/mol. The molecule has 4 heteroatoms. The summed E-state index contributed by atoms with van der Waals surface area (Å²) in [7, 11) is 1.46. The number of hydroxylamine groups is 1. The predicted octanol–water partition coefficient (Wildman–Crippen LogP) is 2.60. The summed E-state index contributed by atoms with van der Waals surface area (Å²) in [5.41, 5.74) is 3.59. The van der Waals surface area contributed by atoms with Gasteiger partial charge in [-0.25, -0.2) is 4.39 Å². The van der Waals surface area contributed by atoms with Crippen LogP contribution in [0.5, 0.6) is 0 Å². The van der Waals surface area contributed by atoms with E-state index in [2.05, 4.69) is 16.9 Å². The Kier molecular flexibility index (Phi) is 3.28. The third-order valence-electron chi connectivity index (χ3n) is 1.49. The van der Waals surface area contributed by atoms with E-state index in [9.17, 15) is 4.39 Å². The molecular formula is C9H9ClFNO. The van der Waals surface area contributed by atoms with Crippen LogP contribution in [-0.2, 0) is 4.84 Å². The Labute approximate surface area is 80.9 Å². The average Bonchev–Trinajstić information content (AvgIpc) is 2.10. The van der Waals surface area contributed by atoms with Gasteiger partial charge in [0.15, 0.2) is 0 Å². The molecule has 1 N–H and O–H groups in total. The smallest absolute Gasteiger partial charge is 0.142 e. The predicted molar refractivity (Wildman–Crippen MR) is 50.6 cm³/mol. The molecule has 0 aliphatic heterocycles. The second-order valence-corrected chi connectivity index (χ2v) is 2.82. The summed E-state index contributed by atoms with van der Waals surface area (Å²) in [6, 6.07) is 4.41. The minimum atomic E-state index is -0.474. The molecule has 13 heavy (non-hydrogen) atoms. The zero-order valence-corrected chi connectivity index (χ0v) is 7.86. The Bertz CT molecular complexity index is 327. The Balaban J connectivity index is 2.90. The van der Waals surface area contributed by atoms with Crippen LogP contribution in [0, 0.1) is 5.82 Å². The van der Waals surface area contributed by atoms with Gasteiger partial charge >= 0.3 is 0 Å². The highest BCUT2D eigenvalue weighted by atomic mass is 35.5. The lowest BCUT2D eigenvalue weighted by Crippen LogP contribution is -2.08. The van der Waals surface area contributed by atoms with Crippen LogP contribution in [0.25, 0.3) is 5.70 Å². The lowest BCUT2D eigenvalue weighted by atomic mass is 10.2. The second-order valence-electron chi connectivity index (χ2n) is 2.41. The van der Waals surface area contributed by atoms with Gasteiger partial charge in [-0.3, -0.25) is 10.3 Å². The Hall–Kier alpha value is -1.06. The molecule has 2 nitrogen and oxygen atoms in total. The molecule has 0 spiro atoms. The molecule has 0 fully saturated rings. The highest BCUT2D eigenvalue weighted by molar-refractivity contribution is 6.30. The molecule has 0 saturated carbocycles. The maximum Gasteiger partial charge on any atom is 0.142 e. The van der Waals surface area contributed by atoms with Crippen molar-refractivity contribution in [2.45, 2.75) is 0 Å². The van der Waals surface area contributed by atoms with E-state index >= 15 is 0 Å². The van der Waals surface area contributed by atoms with Crippen LogP contribution in [0.3, 0.4) is 0 Å². The molecule has 1 rings (SSSR count). The number of benzene rings is 1. The van der Waals surface area contributed by atoms with Crippen molar-refractivity contribution in [1.29, 1.82) is 0 Å². The average molecular weight is 202 g/mol. The molecule has 0 amide bonds. The van der Waals surface area contributed by atoms with E-state index in [4.69, 9.17) is 11.6 Å². The summed E-state index contributed by atoms with van der Waals surface area (Å²) in [6.45, 7) is 3.64. The molecule has 1 aromatic carbocycles. The summed E-state index contributed by atoms with van der Waals surface area (Å²) in [4.78, 5) is 4.62. The van der Waals surface area contributed by atoms with Gasteiger partial charge in [-0.1, -0.05) is 24.2 Å². The van der Waals surface area contributed by atoms with Gasteiger partial charge in [0.05, 0.1) is 17.8 Å². The molecule has 0 saturated heterocycles. The van der Waals surface area contributed by atoms with Crippen LogP contribution in [-0.4, -0.2) is 7.11 Å². The first-order valence-electron chi connectivity index (χ1n) is 3.58. The van der Waals surface area contributed by atoms with Gasteiger partial charge in [0.25, 0.3) is 0 Å². The number of hydrogen-bond donors (Lipinski definition) is 1. The molecule has 0 radical (unpaired) electrons. The number of halogens is 2. The van der Waals surface area contributed by atoms with Crippen LogP contribution >= 0.6 is 11.6 Å². The van der Waals surface area contributed by atoms with E-state index in [1.807, 2.05) is 0 Å². The minimum Gasteiger partial charge on any atom is -0.279 e. The van der Waals surface area contributed by atoms with Crippen molar-refractivity contribution < 1.29 is 9.23 Å². The first kappa shape index (κ1) is 10.0. The standard InChI is InChI=1S/C9H9ClFNO/c1-6(12-13-2)7-3-4-8(10)9(11)5-7/h3-5,12H,1H2,2H3. The van der Waals surface area contributed by atoms with Crippen molar-refractivity contribution >= 4 is 17.3 Å². The largest absolute Gasteiger partial charge is 0.279 e. The molecule has 0 aliphatic carbocycles. The fourth-order valence-corrected chi connectivity index (χ4v) is 0.984. The van der Waals surface area contributed by atoms with Crippen LogP contribution in [0.1, 0.15) is 5.56 Å². The third kappa shape index (κ3) is 2.44. The number of rotatable bonds is 3. The topological polar surface area (TPSA) is 21.3 Å². The van der Waals surface area contributed by atoms with Crippen molar-refractivity contribution in [3.63, 3.8) is 0 Å². The minimum absolute atomic E-state index is 0.0916. The van der Waals surface area contributed by atoms with Gasteiger partial charge in [0, 0.05) is 5.56 Å². The van der Waals surface area contributed by atoms with Gasteiger partial charge in [0.2, 0.25) is 0 Å². The van der Waals surface area contributed by atoms with Crippen molar-refractivity contribution in [3.05, 3.63) is 41.2 Å². The third-order valence-corrected chi connectivity index (χ3v) is 1.80. The van der Waals surface area contributed by atoms with E-state index in [0.717, 1.165) is 0 Å². The fraction of sp³-hybridized carbons (Fsp3) is 0.111. The highest BCUT2D eigenvalue weighted by Gasteiger charge is 2.03. The van der Waals surface area contributed by atoms with E-state index in [1.54, 1.807) is 6.07 Å². The van der Waals surface area contributed by atoms with Gasteiger partial charge in [-0.05, 0) is 12.1 Å². The van der Waals surface area contributed by atoms with E-state index in [1.165, 1.54) is 19.2 Å². The molecule has 0 bridgehead atoms. The van der Waals surface area contributed by atoms with Crippen LogP contribution in [0.4, 0.5) is 4.39 Å². The number of hydrogen-bond acceptors (Lipinski definition) is 2. The Morgan fingerprint density at radius 3 is 2.85 bits per heavy atom. The molecule has 1 aromatic rings. The lowest BCUT2D eigenvalue weighted by molar-refractivity contribution is 0.137. The maximum absolute atomic E-state index is 12.9. The summed E-state index contributed by atoms with van der Waals surface area (Å²) in [5, 5.41) is 0.0916. The van der Waals surface area contributed by atoms with Crippen molar-refractivity contribution in [3.8, 4) is 0 Å². The summed E-state index contributed by atoms with van der Waals surface area (Å²) in [6.07, 6.45) is 0. The van der Waals surface area contributed by atoms with Crippen LogP contribution in [0.15, 0.2) is 24.8 Å². The van der Waals surface area contributed by atoms with E-state index < -0.39 is 5.82 Å². The van der Waals surface area contributed by atoms with Gasteiger partial charge in [0.1, 0.15) is 5.82 Å². The van der Waals surface area contributed by atoms with Crippen molar-refractivity contribution in [2.75, 3.05) is 7.11 Å². The molecule has 0 unspecified atom stereocenters. The van der Waals surface area contributed by atoms with E-state index in [0.29, 0.717) is 11.3 Å². The summed E-state index contributed by atoms with van der Waals surface area (Å²) in [5.74, 6) is -0.474. The molecule has 0 atom stereocenters. The van der Waals surface area contributed by atoms with Gasteiger partial charge < -0.3 is 0 Å². The molecule has 0 aliphatic rings. The van der Waals surface area contributed by atoms with Crippen LogP contribution < -0.4 is 5.48 Å². The Morgan fingerprint density at radius 2 is 2.31 bits per heavy atom. The summed E-state index contributed by atoms with van der Waals surface area (Å²) >= 11 is 5.51. The normalized spacial score (nSPS) is 9.77. The molecule has 70 valence electrons. The fourth-order valence-electron chi connectivity index (χ4n) is 0.866. The van der Waals surface area contributed by atoms with E-state index in [-0.39, 0.29) is 5.02 Å². The second kappa shape index (κ2) is 4.25. The first-order valence-corrected chi connectivity index (χ1v) is 3.96. The Morgan fingerprint density at radius 1 is 1.62 bits per heavy atom. The van der Waals surface area contributed by atoms with Crippen molar-refractivity contribution in [1.82, 2.24) is 5.48 Å². The van der Waals surface area contributed by atoms with Crippen LogP contribution in [0.2, 0.25) is 5.02 Å². The van der Waals surface area contributed by atoms with Crippen molar-refractivity contribution in [2.24, 2.45) is 0 Å². The lowest BCUT2D eigenvalue weighted by Gasteiger charge is -2.06. The zero-order chi connectivity index (χ0) is 9.84. The molecule has 0 aromatic heterocycles. The molecule has 0 heterocycles. The first-order chi connectivity index (χ1) is 6.15. The number of nitrogens with one attached hydrogen (secondary N) is 1. The SMILES string of the molecule is C=C(NOC)c1ccc(Cl)c(F)c1. The summed E-state index contributed by atoms with van der Waals surface area (Å²) < 4.78 is 12.9. The molecular weight excluding hydrogens is 193 g/mol. The maximum atomic E-state index is 12.9. The van der Waals surface area contributed by atoms with Gasteiger partial charge in [-0.15, -0.1) is 0 Å². The highest BCUT2D eigenvalue weighted by Crippen LogP contribution is 2.18. The quantitative estimate of drug-likeness (QED) is 0.760. The van der Waals surface area contributed by atoms with Gasteiger partial charge in [-0.2, -0.15) is 0 Å². The zero-order valence-electron chi connectivity index (χ0n) is 7.10.